The normalized spacial score (nSPS) is 17.2. The van der Waals surface area contributed by atoms with Crippen LogP contribution in [0.25, 0.3) is 10.4 Å². The van der Waals surface area contributed by atoms with E-state index < -0.39 is 5.97 Å². The summed E-state index contributed by atoms with van der Waals surface area (Å²) in [5, 5.41) is 21.5. The second kappa shape index (κ2) is 5.94. The SMILES string of the molecule is N#Cc1ccc(N2CC(CN=[N+]=[N-])CC2=O)c(C(=O)O)c1. The molecule has 1 atom stereocenters. The van der Waals surface area contributed by atoms with Crippen molar-refractivity contribution in [3.8, 4) is 6.07 Å². The number of azide groups is 1. The third kappa shape index (κ3) is 2.94. The summed E-state index contributed by atoms with van der Waals surface area (Å²) >= 11 is 0. The number of nitrogens with zero attached hydrogens (tertiary/aromatic N) is 5. The lowest BCUT2D eigenvalue weighted by molar-refractivity contribution is -0.117. The summed E-state index contributed by atoms with van der Waals surface area (Å²) in [6.07, 6.45) is 0.206. The molecule has 1 saturated heterocycles. The highest BCUT2D eigenvalue weighted by Crippen LogP contribution is 2.29. The number of hydrogen-bond donors (Lipinski definition) is 1. The van der Waals surface area contributed by atoms with E-state index in [1.165, 1.54) is 23.1 Å². The molecule has 1 unspecified atom stereocenters. The number of aromatic carboxylic acids is 1. The fraction of sp³-hybridized carbons (Fsp3) is 0.308. The fourth-order valence-corrected chi connectivity index (χ4v) is 2.30. The molecule has 1 aliphatic heterocycles. The third-order valence-corrected chi connectivity index (χ3v) is 3.26. The van der Waals surface area contributed by atoms with Crippen LogP contribution < -0.4 is 4.90 Å². The molecule has 0 radical (unpaired) electrons. The molecule has 0 saturated carbocycles. The van der Waals surface area contributed by atoms with E-state index in [1.54, 1.807) is 0 Å². The first kappa shape index (κ1) is 14.4. The smallest absolute Gasteiger partial charge is 0.337 e. The van der Waals surface area contributed by atoms with E-state index in [9.17, 15) is 14.7 Å². The van der Waals surface area contributed by atoms with E-state index in [0.29, 0.717) is 6.54 Å². The van der Waals surface area contributed by atoms with Gasteiger partial charge in [0.15, 0.2) is 0 Å². The Labute approximate surface area is 119 Å². The van der Waals surface area contributed by atoms with Gasteiger partial charge in [-0.1, -0.05) is 5.11 Å². The summed E-state index contributed by atoms with van der Waals surface area (Å²) in [4.78, 5) is 27.3. The topological polar surface area (TPSA) is 130 Å². The van der Waals surface area contributed by atoms with Gasteiger partial charge in [0.1, 0.15) is 0 Å². The molecular weight excluding hydrogens is 274 g/mol. The first-order chi connectivity index (χ1) is 10.1. The van der Waals surface area contributed by atoms with Crippen LogP contribution in [0.4, 0.5) is 5.69 Å². The highest BCUT2D eigenvalue weighted by atomic mass is 16.4. The molecule has 8 nitrogen and oxygen atoms in total. The monoisotopic (exact) mass is 285 g/mol. The van der Waals surface area contributed by atoms with Crippen LogP contribution in [-0.2, 0) is 4.79 Å². The quantitative estimate of drug-likeness (QED) is 0.514. The van der Waals surface area contributed by atoms with Gasteiger partial charge in [-0.15, -0.1) is 0 Å². The number of carbonyl (C=O) groups excluding carboxylic acids is 1. The van der Waals surface area contributed by atoms with Gasteiger partial charge >= 0.3 is 5.97 Å². The van der Waals surface area contributed by atoms with Crippen molar-refractivity contribution in [1.29, 1.82) is 5.26 Å². The molecular formula is C13H11N5O3. The van der Waals surface area contributed by atoms with Crippen molar-refractivity contribution in [3.05, 3.63) is 39.8 Å². The number of carbonyl (C=O) groups is 2. The van der Waals surface area contributed by atoms with Crippen LogP contribution in [0, 0.1) is 17.2 Å². The maximum Gasteiger partial charge on any atom is 0.337 e. The Kier molecular flexibility index (Phi) is 4.07. The summed E-state index contributed by atoms with van der Waals surface area (Å²) in [6, 6.07) is 6.03. The summed E-state index contributed by atoms with van der Waals surface area (Å²) in [5.74, 6) is -1.56. The van der Waals surface area contributed by atoms with Crippen LogP contribution in [0.5, 0.6) is 0 Å². The average Bonchev–Trinajstić information content (AvgIpc) is 2.85. The molecule has 1 heterocycles. The van der Waals surface area contributed by atoms with Gasteiger partial charge < -0.3 is 10.0 Å². The van der Waals surface area contributed by atoms with Crippen LogP contribution in [0.15, 0.2) is 23.3 Å². The highest BCUT2D eigenvalue weighted by molar-refractivity contribution is 6.03. The van der Waals surface area contributed by atoms with Crippen molar-refractivity contribution in [2.45, 2.75) is 6.42 Å². The first-order valence-electron chi connectivity index (χ1n) is 6.15. The minimum absolute atomic E-state index is 0.0909. The van der Waals surface area contributed by atoms with E-state index in [-0.39, 0.29) is 41.6 Å². The van der Waals surface area contributed by atoms with Crippen molar-refractivity contribution in [1.82, 2.24) is 0 Å². The van der Waals surface area contributed by atoms with E-state index in [4.69, 9.17) is 10.8 Å². The number of nitriles is 1. The zero-order valence-corrected chi connectivity index (χ0v) is 10.9. The van der Waals surface area contributed by atoms with Gasteiger partial charge in [-0.05, 0) is 29.6 Å². The highest BCUT2D eigenvalue weighted by Gasteiger charge is 2.32. The number of carboxylic acids is 1. The Hall–Kier alpha value is -3.04. The molecule has 1 fully saturated rings. The Morgan fingerprint density at radius 1 is 1.62 bits per heavy atom. The van der Waals surface area contributed by atoms with Crippen LogP contribution in [-0.4, -0.2) is 30.1 Å². The molecule has 21 heavy (non-hydrogen) atoms. The zero-order chi connectivity index (χ0) is 15.4. The van der Waals surface area contributed by atoms with E-state index in [2.05, 4.69) is 10.0 Å². The molecule has 2 rings (SSSR count). The Morgan fingerprint density at radius 2 is 2.38 bits per heavy atom. The lowest BCUT2D eigenvalue weighted by atomic mass is 10.1. The van der Waals surface area contributed by atoms with Gasteiger partial charge in [0.05, 0.1) is 22.9 Å². The number of rotatable bonds is 4. The van der Waals surface area contributed by atoms with E-state index >= 15 is 0 Å². The van der Waals surface area contributed by atoms with Crippen LogP contribution in [0.2, 0.25) is 0 Å². The standard InChI is InChI=1S/C13H11N5O3/c14-5-8-1-2-11(10(3-8)13(20)21)18-7-9(4-12(18)19)6-16-17-15/h1-3,9H,4,6-7H2,(H,20,21). The molecule has 0 aromatic heterocycles. The third-order valence-electron chi connectivity index (χ3n) is 3.26. The first-order valence-corrected chi connectivity index (χ1v) is 6.15. The van der Waals surface area contributed by atoms with Crippen LogP contribution >= 0.6 is 0 Å². The minimum atomic E-state index is -1.20. The minimum Gasteiger partial charge on any atom is -0.478 e. The van der Waals surface area contributed by atoms with Crippen molar-refractivity contribution < 1.29 is 14.7 Å². The molecule has 0 spiro atoms. The number of hydrogen-bond acceptors (Lipinski definition) is 4. The summed E-state index contributed by atoms with van der Waals surface area (Å²) in [6.45, 7) is 0.488. The molecule has 8 heteroatoms. The molecule has 1 aliphatic rings. The van der Waals surface area contributed by atoms with E-state index in [0.717, 1.165) is 0 Å². The summed E-state index contributed by atoms with van der Waals surface area (Å²) < 4.78 is 0. The van der Waals surface area contributed by atoms with Gasteiger partial charge in [0.2, 0.25) is 5.91 Å². The van der Waals surface area contributed by atoms with Gasteiger partial charge in [-0.2, -0.15) is 5.26 Å². The lowest BCUT2D eigenvalue weighted by Crippen LogP contribution is -2.26. The van der Waals surface area contributed by atoms with Crippen molar-refractivity contribution in [2.24, 2.45) is 11.0 Å². The average molecular weight is 285 g/mol. The number of anilines is 1. The second-order valence-corrected chi connectivity index (χ2v) is 4.64. The number of amides is 1. The largest absolute Gasteiger partial charge is 0.478 e. The van der Waals surface area contributed by atoms with Gasteiger partial charge in [-0.25, -0.2) is 4.79 Å². The Morgan fingerprint density at radius 3 is 3.00 bits per heavy atom. The maximum absolute atomic E-state index is 12.0. The molecule has 1 aromatic carbocycles. The van der Waals surface area contributed by atoms with E-state index in [1.807, 2.05) is 6.07 Å². The maximum atomic E-state index is 12.0. The van der Waals surface area contributed by atoms with Crippen molar-refractivity contribution >= 4 is 17.6 Å². The van der Waals surface area contributed by atoms with Crippen molar-refractivity contribution in [2.75, 3.05) is 18.0 Å². The van der Waals surface area contributed by atoms with Crippen LogP contribution in [0.3, 0.4) is 0 Å². The summed E-state index contributed by atoms with van der Waals surface area (Å²) in [5.41, 5.74) is 8.69. The van der Waals surface area contributed by atoms with Gasteiger partial charge in [0.25, 0.3) is 0 Å². The lowest BCUT2D eigenvalue weighted by Gasteiger charge is -2.18. The Bertz CT molecular complexity index is 688. The van der Waals surface area contributed by atoms with Crippen molar-refractivity contribution in [3.63, 3.8) is 0 Å². The summed E-state index contributed by atoms with van der Waals surface area (Å²) in [7, 11) is 0. The van der Waals surface area contributed by atoms with Gasteiger partial charge in [0, 0.05) is 24.4 Å². The second-order valence-electron chi connectivity index (χ2n) is 4.64. The van der Waals surface area contributed by atoms with Gasteiger partial charge in [-0.3, -0.25) is 4.79 Å². The number of carboxylic acid groups (broad SMARTS) is 1. The molecule has 1 aromatic rings. The van der Waals surface area contributed by atoms with Crippen LogP contribution in [0.1, 0.15) is 22.3 Å². The zero-order valence-electron chi connectivity index (χ0n) is 10.9. The predicted molar refractivity (Wildman–Crippen MR) is 72.6 cm³/mol. The molecule has 1 amide bonds. The number of benzene rings is 1. The predicted octanol–water partition coefficient (Wildman–Crippen LogP) is 1.92. The fourth-order valence-electron chi connectivity index (χ4n) is 2.30. The Balaban J connectivity index is 2.34. The molecule has 106 valence electrons. The molecule has 1 N–H and O–H groups in total. The molecule has 0 aliphatic carbocycles. The molecule has 0 bridgehead atoms.